The van der Waals surface area contributed by atoms with Gasteiger partial charge < -0.3 is 0 Å². The molecule has 1 aromatic carbocycles. The van der Waals surface area contributed by atoms with Gasteiger partial charge in [-0.15, -0.1) is 0 Å². The summed E-state index contributed by atoms with van der Waals surface area (Å²) in [4.78, 5) is 0. The molecule has 0 unspecified atom stereocenters. The van der Waals surface area contributed by atoms with Crippen molar-refractivity contribution >= 4 is 11.6 Å². The van der Waals surface area contributed by atoms with Crippen molar-refractivity contribution in [3.8, 4) is 12.1 Å². The van der Waals surface area contributed by atoms with Crippen molar-refractivity contribution < 1.29 is 0 Å². The van der Waals surface area contributed by atoms with Gasteiger partial charge >= 0.3 is 0 Å². The highest BCUT2D eigenvalue weighted by atomic mass is 35.5. The van der Waals surface area contributed by atoms with E-state index in [1.165, 1.54) is 0 Å². The van der Waals surface area contributed by atoms with E-state index in [0.717, 1.165) is 11.1 Å². The van der Waals surface area contributed by atoms with E-state index in [-0.39, 0.29) is 5.41 Å². The molecule has 0 radical (unpaired) electrons. The lowest BCUT2D eigenvalue weighted by Crippen LogP contribution is -2.16. The van der Waals surface area contributed by atoms with Crippen LogP contribution in [0.3, 0.4) is 0 Å². The highest BCUT2D eigenvalue weighted by Gasteiger charge is 2.23. The molecule has 0 saturated heterocycles. The summed E-state index contributed by atoms with van der Waals surface area (Å²) in [6.07, 6.45) is 0.304. The molecule has 0 bridgehead atoms. The molecule has 16 heavy (non-hydrogen) atoms. The Morgan fingerprint density at radius 3 is 2.31 bits per heavy atom. The molecule has 0 aliphatic rings. The van der Waals surface area contributed by atoms with Gasteiger partial charge in [0.15, 0.2) is 0 Å². The van der Waals surface area contributed by atoms with E-state index < -0.39 is 0 Å². The molecule has 0 N–H and O–H groups in total. The zero-order valence-electron chi connectivity index (χ0n) is 9.63. The third-order valence-electron chi connectivity index (χ3n) is 2.37. The SMILES string of the molecule is CC(C)(C)c1c(CC#N)ccc(Cl)c1C#N. The Bertz CT molecular complexity index is 484. The van der Waals surface area contributed by atoms with Crippen LogP contribution in [0.1, 0.15) is 37.5 Å². The van der Waals surface area contributed by atoms with Crippen molar-refractivity contribution in [1.29, 1.82) is 10.5 Å². The summed E-state index contributed by atoms with van der Waals surface area (Å²) in [6, 6.07) is 7.75. The number of rotatable bonds is 1. The van der Waals surface area contributed by atoms with Gasteiger partial charge in [-0.25, -0.2) is 0 Å². The van der Waals surface area contributed by atoms with Crippen molar-refractivity contribution in [2.45, 2.75) is 32.6 Å². The summed E-state index contributed by atoms with van der Waals surface area (Å²) in [5.41, 5.74) is 2.06. The van der Waals surface area contributed by atoms with Gasteiger partial charge in [0.05, 0.1) is 23.1 Å². The largest absolute Gasteiger partial charge is 0.198 e. The van der Waals surface area contributed by atoms with Crippen molar-refractivity contribution in [2.75, 3.05) is 0 Å². The number of hydrogen-bond donors (Lipinski definition) is 0. The second-order valence-electron chi connectivity index (χ2n) is 4.65. The molecule has 0 aliphatic carbocycles. The highest BCUT2D eigenvalue weighted by molar-refractivity contribution is 6.31. The number of nitrogens with zero attached hydrogens (tertiary/aromatic N) is 2. The summed E-state index contributed by atoms with van der Waals surface area (Å²) >= 11 is 6.00. The third kappa shape index (κ3) is 2.35. The van der Waals surface area contributed by atoms with Crippen LogP contribution in [0.25, 0.3) is 0 Å². The topological polar surface area (TPSA) is 47.6 Å². The van der Waals surface area contributed by atoms with Gasteiger partial charge in [0.1, 0.15) is 6.07 Å². The zero-order chi connectivity index (χ0) is 12.3. The molecule has 0 spiro atoms. The molecule has 0 amide bonds. The lowest BCUT2D eigenvalue weighted by Gasteiger charge is -2.24. The fraction of sp³-hybridized carbons (Fsp3) is 0.385. The van der Waals surface area contributed by atoms with Gasteiger partial charge in [0.2, 0.25) is 0 Å². The van der Waals surface area contributed by atoms with Crippen molar-refractivity contribution in [3.05, 3.63) is 33.8 Å². The fourth-order valence-corrected chi connectivity index (χ4v) is 2.02. The minimum atomic E-state index is -0.192. The molecular weight excluding hydrogens is 220 g/mol. The molecule has 0 saturated carbocycles. The second kappa shape index (κ2) is 4.56. The van der Waals surface area contributed by atoms with E-state index in [4.69, 9.17) is 22.1 Å². The molecule has 0 aromatic heterocycles. The van der Waals surface area contributed by atoms with Crippen LogP contribution < -0.4 is 0 Å². The van der Waals surface area contributed by atoms with Crippen molar-refractivity contribution in [3.63, 3.8) is 0 Å². The molecule has 0 aliphatic heterocycles. The first kappa shape index (κ1) is 12.6. The molecule has 82 valence electrons. The Morgan fingerprint density at radius 2 is 1.88 bits per heavy atom. The van der Waals surface area contributed by atoms with Crippen molar-refractivity contribution in [1.82, 2.24) is 0 Å². The first-order valence-electron chi connectivity index (χ1n) is 5.00. The predicted octanol–water partition coefficient (Wildman–Crippen LogP) is 3.58. The lowest BCUT2D eigenvalue weighted by atomic mass is 9.80. The van der Waals surface area contributed by atoms with E-state index in [9.17, 15) is 0 Å². The molecule has 0 atom stereocenters. The summed E-state index contributed by atoms with van der Waals surface area (Å²) in [7, 11) is 0. The lowest BCUT2D eigenvalue weighted by molar-refractivity contribution is 0.583. The van der Waals surface area contributed by atoms with Crippen LogP contribution in [0.4, 0.5) is 0 Å². The minimum absolute atomic E-state index is 0.192. The first-order chi connectivity index (χ1) is 7.41. The molecule has 3 heteroatoms. The van der Waals surface area contributed by atoms with E-state index >= 15 is 0 Å². The Hall–Kier alpha value is -1.51. The van der Waals surface area contributed by atoms with Gasteiger partial charge in [-0.2, -0.15) is 10.5 Å². The molecular formula is C13H13ClN2. The van der Waals surface area contributed by atoms with Crippen LogP contribution >= 0.6 is 11.6 Å². The molecule has 2 nitrogen and oxygen atoms in total. The van der Waals surface area contributed by atoms with Gasteiger partial charge in [0.25, 0.3) is 0 Å². The highest BCUT2D eigenvalue weighted by Crippen LogP contribution is 2.33. The zero-order valence-corrected chi connectivity index (χ0v) is 10.4. The Labute approximate surface area is 101 Å². The maximum Gasteiger partial charge on any atom is 0.101 e. The predicted molar refractivity (Wildman–Crippen MR) is 64.2 cm³/mol. The van der Waals surface area contributed by atoms with Crippen LogP contribution in [0.2, 0.25) is 5.02 Å². The average molecular weight is 233 g/mol. The molecule has 0 heterocycles. The van der Waals surface area contributed by atoms with E-state index in [2.05, 4.69) is 12.1 Å². The van der Waals surface area contributed by atoms with Crippen LogP contribution in [0.5, 0.6) is 0 Å². The van der Waals surface area contributed by atoms with E-state index in [1.807, 2.05) is 26.8 Å². The Kier molecular flexibility index (Phi) is 3.58. The molecule has 1 aromatic rings. The van der Waals surface area contributed by atoms with Crippen LogP contribution in [-0.2, 0) is 11.8 Å². The summed E-state index contributed by atoms with van der Waals surface area (Å²) in [5, 5.41) is 18.4. The summed E-state index contributed by atoms with van der Waals surface area (Å²) < 4.78 is 0. The van der Waals surface area contributed by atoms with Crippen LogP contribution in [0.15, 0.2) is 12.1 Å². The average Bonchev–Trinajstić information content (AvgIpc) is 2.18. The van der Waals surface area contributed by atoms with E-state index in [0.29, 0.717) is 17.0 Å². The van der Waals surface area contributed by atoms with Gasteiger partial charge in [-0.1, -0.05) is 38.4 Å². The third-order valence-corrected chi connectivity index (χ3v) is 2.69. The summed E-state index contributed by atoms with van der Waals surface area (Å²) in [6.45, 7) is 6.04. The molecule has 1 rings (SSSR count). The Balaban J connectivity index is 3.57. The first-order valence-corrected chi connectivity index (χ1v) is 5.38. The van der Waals surface area contributed by atoms with Crippen LogP contribution in [-0.4, -0.2) is 0 Å². The number of hydrogen-bond acceptors (Lipinski definition) is 2. The number of halogens is 1. The van der Waals surface area contributed by atoms with Gasteiger partial charge in [0, 0.05) is 0 Å². The van der Waals surface area contributed by atoms with Gasteiger partial charge in [-0.05, 0) is 22.6 Å². The molecule has 0 fully saturated rings. The Morgan fingerprint density at radius 1 is 1.25 bits per heavy atom. The second-order valence-corrected chi connectivity index (χ2v) is 5.06. The standard InChI is InChI=1S/C13H13ClN2/c1-13(2,3)12-9(6-7-15)4-5-11(14)10(12)8-16/h4-5H,6H2,1-3H3. The van der Waals surface area contributed by atoms with Crippen LogP contribution in [0, 0.1) is 22.7 Å². The summed E-state index contributed by atoms with van der Waals surface area (Å²) in [5.74, 6) is 0. The number of nitriles is 2. The number of benzene rings is 1. The smallest absolute Gasteiger partial charge is 0.101 e. The maximum absolute atomic E-state index is 9.14. The van der Waals surface area contributed by atoms with Crippen molar-refractivity contribution in [2.24, 2.45) is 0 Å². The minimum Gasteiger partial charge on any atom is -0.198 e. The quantitative estimate of drug-likeness (QED) is 0.743. The maximum atomic E-state index is 9.14. The van der Waals surface area contributed by atoms with Gasteiger partial charge in [-0.3, -0.25) is 0 Å². The van der Waals surface area contributed by atoms with E-state index in [1.54, 1.807) is 6.07 Å². The monoisotopic (exact) mass is 232 g/mol. The normalized spacial score (nSPS) is 10.6. The fourth-order valence-electron chi connectivity index (χ4n) is 1.82.